The van der Waals surface area contributed by atoms with E-state index in [9.17, 15) is 9.18 Å². The van der Waals surface area contributed by atoms with Gasteiger partial charge in [0.1, 0.15) is 5.82 Å². The van der Waals surface area contributed by atoms with E-state index in [0.29, 0.717) is 6.42 Å². The summed E-state index contributed by atoms with van der Waals surface area (Å²) in [5, 5.41) is 2.57. The minimum atomic E-state index is -1.02. The van der Waals surface area contributed by atoms with Crippen LogP contribution in [0.5, 0.6) is 0 Å². The number of carbonyl (C=O) groups is 1. The summed E-state index contributed by atoms with van der Waals surface area (Å²) in [6, 6.07) is 2.13. The molecule has 3 nitrogen and oxygen atoms in total. The molecular weight excluding hydrogens is 310 g/mol. The zero-order valence-corrected chi connectivity index (χ0v) is 12.7. The number of halogens is 3. The monoisotopic (exact) mass is 322 g/mol. The van der Waals surface area contributed by atoms with Gasteiger partial charge in [-0.1, -0.05) is 42.3 Å². The number of thiocarbonyl (C=S) groups is 1. The van der Waals surface area contributed by atoms with E-state index in [1.807, 2.05) is 0 Å². The third-order valence-electron chi connectivity index (χ3n) is 3.00. The summed E-state index contributed by atoms with van der Waals surface area (Å²) in [7, 11) is 0. The van der Waals surface area contributed by atoms with Gasteiger partial charge in [-0.05, 0) is 25.5 Å². The molecule has 0 spiro atoms. The SMILES string of the molecule is CCC(C)(C(=O)Nc1c(Cl)cc(F)cc1Cl)C(N)=S. The predicted molar refractivity (Wildman–Crippen MR) is 80.2 cm³/mol. The van der Waals surface area contributed by atoms with Crippen LogP contribution >= 0.6 is 35.4 Å². The van der Waals surface area contributed by atoms with Gasteiger partial charge in [0, 0.05) is 0 Å². The fraction of sp³-hybridized carbons (Fsp3) is 0.333. The lowest BCUT2D eigenvalue weighted by molar-refractivity contribution is -0.121. The Hall–Kier alpha value is -0.910. The van der Waals surface area contributed by atoms with Gasteiger partial charge in [0.25, 0.3) is 0 Å². The first-order chi connectivity index (χ1) is 8.72. The van der Waals surface area contributed by atoms with E-state index in [0.717, 1.165) is 12.1 Å². The van der Waals surface area contributed by atoms with E-state index in [1.165, 1.54) is 0 Å². The summed E-state index contributed by atoms with van der Waals surface area (Å²) in [4.78, 5) is 12.3. The second-order valence-electron chi connectivity index (χ2n) is 4.25. The molecule has 1 aromatic rings. The molecule has 0 saturated carbocycles. The normalized spacial score (nSPS) is 13.7. The quantitative estimate of drug-likeness (QED) is 0.829. The Morgan fingerprint density at radius 3 is 2.32 bits per heavy atom. The molecule has 1 atom stereocenters. The molecule has 0 saturated heterocycles. The predicted octanol–water partition coefficient (Wildman–Crippen LogP) is 3.77. The Morgan fingerprint density at radius 1 is 1.47 bits per heavy atom. The van der Waals surface area contributed by atoms with Crippen LogP contribution < -0.4 is 11.1 Å². The first kappa shape index (κ1) is 16.1. The number of hydrogen-bond donors (Lipinski definition) is 2. The molecule has 0 aliphatic carbocycles. The molecule has 0 aromatic heterocycles. The summed E-state index contributed by atoms with van der Waals surface area (Å²) in [6.45, 7) is 3.41. The molecule has 1 unspecified atom stereocenters. The standard InChI is InChI=1S/C12H13Cl2FN2OS/c1-3-12(2,10(16)19)11(18)17-9-7(13)4-6(15)5-8(9)14/h4-5H,3H2,1-2H3,(H2,16,19)(H,17,18). The van der Waals surface area contributed by atoms with E-state index in [4.69, 9.17) is 41.2 Å². The molecule has 0 bridgehead atoms. The van der Waals surface area contributed by atoms with Crippen LogP contribution in [0.1, 0.15) is 20.3 Å². The van der Waals surface area contributed by atoms with Crippen molar-refractivity contribution in [3.8, 4) is 0 Å². The third kappa shape index (κ3) is 3.35. The molecular formula is C12H13Cl2FN2OS. The van der Waals surface area contributed by atoms with Crippen molar-refractivity contribution in [3.05, 3.63) is 28.0 Å². The first-order valence-corrected chi connectivity index (χ1v) is 6.64. The third-order valence-corrected chi connectivity index (χ3v) is 4.04. The number of carbonyl (C=O) groups excluding carboxylic acids is 1. The highest BCUT2D eigenvalue weighted by molar-refractivity contribution is 7.80. The minimum Gasteiger partial charge on any atom is -0.392 e. The lowest BCUT2D eigenvalue weighted by Gasteiger charge is -2.26. The van der Waals surface area contributed by atoms with Gasteiger partial charge >= 0.3 is 0 Å². The van der Waals surface area contributed by atoms with Crippen molar-refractivity contribution >= 4 is 52.0 Å². The zero-order valence-electron chi connectivity index (χ0n) is 10.4. The number of rotatable bonds is 4. The molecule has 0 aliphatic heterocycles. The lowest BCUT2D eigenvalue weighted by Crippen LogP contribution is -2.43. The van der Waals surface area contributed by atoms with Crippen LogP contribution in [0.15, 0.2) is 12.1 Å². The molecule has 1 aromatic carbocycles. The average molecular weight is 323 g/mol. The molecule has 1 amide bonds. The molecule has 19 heavy (non-hydrogen) atoms. The van der Waals surface area contributed by atoms with Crippen molar-refractivity contribution in [2.75, 3.05) is 5.32 Å². The Morgan fingerprint density at radius 2 is 1.95 bits per heavy atom. The maximum absolute atomic E-state index is 13.1. The number of nitrogens with two attached hydrogens (primary N) is 1. The second-order valence-corrected chi connectivity index (χ2v) is 5.50. The molecule has 0 radical (unpaired) electrons. The van der Waals surface area contributed by atoms with Crippen LogP contribution in [-0.4, -0.2) is 10.9 Å². The van der Waals surface area contributed by atoms with Crippen molar-refractivity contribution in [1.29, 1.82) is 0 Å². The van der Waals surface area contributed by atoms with Crippen LogP contribution in [0.2, 0.25) is 10.0 Å². The van der Waals surface area contributed by atoms with E-state index in [-0.39, 0.29) is 20.7 Å². The summed E-state index contributed by atoms with van der Waals surface area (Å²) in [6.07, 6.45) is 0.421. The zero-order chi connectivity index (χ0) is 14.8. The Kier molecular flexibility index (Phi) is 5.12. The summed E-state index contributed by atoms with van der Waals surface area (Å²) in [5.74, 6) is -1.02. The fourth-order valence-corrected chi connectivity index (χ4v) is 2.15. The van der Waals surface area contributed by atoms with E-state index in [2.05, 4.69) is 5.32 Å². The van der Waals surface area contributed by atoms with Gasteiger partial charge in [-0.3, -0.25) is 4.79 Å². The van der Waals surface area contributed by atoms with E-state index in [1.54, 1.807) is 13.8 Å². The molecule has 104 valence electrons. The molecule has 7 heteroatoms. The largest absolute Gasteiger partial charge is 0.392 e. The highest BCUT2D eigenvalue weighted by atomic mass is 35.5. The number of hydrogen-bond acceptors (Lipinski definition) is 2. The maximum Gasteiger partial charge on any atom is 0.237 e. The Balaban J connectivity index is 3.10. The Bertz CT molecular complexity index is 515. The fourth-order valence-electron chi connectivity index (χ4n) is 1.36. The van der Waals surface area contributed by atoms with Gasteiger partial charge in [-0.15, -0.1) is 0 Å². The van der Waals surface area contributed by atoms with Crippen LogP contribution in [0.25, 0.3) is 0 Å². The van der Waals surface area contributed by atoms with Crippen molar-refractivity contribution in [3.63, 3.8) is 0 Å². The number of nitrogens with one attached hydrogen (secondary N) is 1. The van der Waals surface area contributed by atoms with Crippen molar-refractivity contribution in [1.82, 2.24) is 0 Å². The van der Waals surface area contributed by atoms with Gasteiger partial charge in [-0.2, -0.15) is 0 Å². The van der Waals surface area contributed by atoms with Gasteiger partial charge in [0.2, 0.25) is 5.91 Å². The summed E-state index contributed by atoms with van der Waals surface area (Å²) in [5.41, 5.74) is 4.71. The maximum atomic E-state index is 13.1. The van der Waals surface area contributed by atoms with Gasteiger partial charge in [-0.25, -0.2) is 4.39 Å². The van der Waals surface area contributed by atoms with E-state index < -0.39 is 17.1 Å². The minimum absolute atomic E-state index is 0.0137. The smallest absolute Gasteiger partial charge is 0.237 e. The van der Waals surface area contributed by atoms with Crippen LogP contribution in [0, 0.1) is 11.2 Å². The van der Waals surface area contributed by atoms with Crippen LogP contribution in [0.4, 0.5) is 10.1 Å². The number of benzene rings is 1. The highest BCUT2D eigenvalue weighted by Gasteiger charge is 2.35. The Labute approximate surface area is 126 Å². The van der Waals surface area contributed by atoms with Crippen molar-refractivity contribution < 1.29 is 9.18 Å². The summed E-state index contributed by atoms with van der Waals surface area (Å²) >= 11 is 16.6. The topological polar surface area (TPSA) is 55.1 Å². The van der Waals surface area contributed by atoms with Gasteiger partial charge in [0.15, 0.2) is 0 Å². The number of anilines is 1. The molecule has 3 N–H and O–H groups in total. The van der Waals surface area contributed by atoms with Crippen molar-refractivity contribution in [2.24, 2.45) is 11.1 Å². The first-order valence-electron chi connectivity index (χ1n) is 5.48. The van der Waals surface area contributed by atoms with Gasteiger partial charge in [0.05, 0.1) is 26.1 Å². The highest BCUT2D eigenvalue weighted by Crippen LogP contribution is 2.33. The lowest BCUT2D eigenvalue weighted by atomic mass is 9.86. The van der Waals surface area contributed by atoms with Gasteiger partial charge < -0.3 is 11.1 Å². The van der Waals surface area contributed by atoms with Crippen LogP contribution in [0.3, 0.4) is 0 Å². The van der Waals surface area contributed by atoms with E-state index >= 15 is 0 Å². The molecule has 0 aliphatic rings. The molecule has 1 rings (SSSR count). The molecule has 0 fully saturated rings. The molecule has 0 heterocycles. The van der Waals surface area contributed by atoms with Crippen molar-refractivity contribution in [2.45, 2.75) is 20.3 Å². The summed E-state index contributed by atoms with van der Waals surface area (Å²) < 4.78 is 13.1. The number of amides is 1. The average Bonchev–Trinajstić information content (AvgIpc) is 2.31. The van der Waals surface area contributed by atoms with Crippen LogP contribution in [-0.2, 0) is 4.79 Å². The second kappa shape index (κ2) is 6.03.